The van der Waals surface area contributed by atoms with Crippen LogP contribution in [0.4, 0.5) is 4.39 Å². The molecule has 1 heterocycles. The molecule has 1 aromatic carbocycles. The van der Waals surface area contributed by atoms with E-state index in [1.165, 1.54) is 0 Å². The first-order valence-corrected chi connectivity index (χ1v) is 8.15. The van der Waals surface area contributed by atoms with Crippen molar-refractivity contribution >= 4 is 6.08 Å². The van der Waals surface area contributed by atoms with Gasteiger partial charge in [0.2, 0.25) is 0 Å². The van der Waals surface area contributed by atoms with Gasteiger partial charge < -0.3 is 4.74 Å². The van der Waals surface area contributed by atoms with Gasteiger partial charge in [-0.05, 0) is 32.3 Å². The van der Waals surface area contributed by atoms with Crippen molar-refractivity contribution in [3.63, 3.8) is 0 Å². The fourth-order valence-electron chi connectivity index (χ4n) is 2.28. The molecule has 0 aliphatic rings. The summed E-state index contributed by atoms with van der Waals surface area (Å²) in [7, 11) is 0. The average Bonchev–Trinajstić information content (AvgIpc) is 2.60. The number of benzene rings is 1. The minimum absolute atomic E-state index is 0.435. The fourth-order valence-corrected chi connectivity index (χ4v) is 2.28. The fraction of sp³-hybridized carbons (Fsp3) is 0.300. The number of aromatic nitrogens is 2. The van der Waals surface area contributed by atoms with E-state index in [-0.39, 0.29) is 0 Å². The largest absolute Gasteiger partial charge is 0.489 e. The van der Waals surface area contributed by atoms with Crippen LogP contribution in [0.2, 0.25) is 0 Å². The molecule has 24 heavy (non-hydrogen) atoms. The van der Waals surface area contributed by atoms with Crippen LogP contribution in [0.25, 0.3) is 17.3 Å². The van der Waals surface area contributed by atoms with E-state index in [1.54, 1.807) is 31.6 Å². The second-order valence-electron chi connectivity index (χ2n) is 5.56. The molecule has 0 aliphatic carbocycles. The topological polar surface area (TPSA) is 35.0 Å². The molecule has 0 saturated carbocycles. The first-order valence-electron chi connectivity index (χ1n) is 8.15. The SMILES string of the molecule is C=CCOc1cc(-c2cnccn2)ccc1C=CCCCC(C)F. The summed E-state index contributed by atoms with van der Waals surface area (Å²) in [6, 6.07) is 5.95. The lowest BCUT2D eigenvalue weighted by molar-refractivity contribution is 0.335. The van der Waals surface area contributed by atoms with Gasteiger partial charge in [0, 0.05) is 23.5 Å². The molecule has 1 atom stereocenters. The van der Waals surface area contributed by atoms with Crippen molar-refractivity contribution in [2.75, 3.05) is 6.61 Å². The first kappa shape index (κ1) is 17.9. The van der Waals surface area contributed by atoms with E-state index in [9.17, 15) is 4.39 Å². The van der Waals surface area contributed by atoms with Crippen molar-refractivity contribution in [3.05, 3.63) is 61.1 Å². The number of allylic oxidation sites excluding steroid dienone is 1. The van der Waals surface area contributed by atoms with Crippen molar-refractivity contribution in [1.82, 2.24) is 9.97 Å². The molecular formula is C20H23FN2O. The second kappa shape index (κ2) is 9.60. The summed E-state index contributed by atoms with van der Waals surface area (Å²) in [5, 5.41) is 0. The van der Waals surface area contributed by atoms with E-state index in [4.69, 9.17) is 4.74 Å². The minimum atomic E-state index is -0.740. The number of hydrogen-bond donors (Lipinski definition) is 0. The Hall–Kier alpha value is -2.49. The lowest BCUT2D eigenvalue weighted by Gasteiger charge is -2.10. The maximum atomic E-state index is 12.8. The lowest BCUT2D eigenvalue weighted by Crippen LogP contribution is -1.96. The molecule has 126 valence electrons. The molecule has 2 aromatic rings. The van der Waals surface area contributed by atoms with E-state index in [2.05, 4.69) is 22.6 Å². The normalized spacial score (nSPS) is 12.2. The highest BCUT2D eigenvalue weighted by molar-refractivity contribution is 5.67. The van der Waals surface area contributed by atoms with E-state index in [0.717, 1.165) is 35.4 Å². The van der Waals surface area contributed by atoms with Crippen LogP contribution < -0.4 is 4.74 Å². The number of halogens is 1. The molecule has 4 heteroatoms. The van der Waals surface area contributed by atoms with Crippen molar-refractivity contribution in [1.29, 1.82) is 0 Å². The molecule has 3 nitrogen and oxygen atoms in total. The van der Waals surface area contributed by atoms with E-state index in [0.29, 0.717) is 13.0 Å². The van der Waals surface area contributed by atoms with Crippen LogP contribution >= 0.6 is 0 Å². The van der Waals surface area contributed by atoms with Gasteiger partial charge in [-0.2, -0.15) is 0 Å². The quantitative estimate of drug-likeness (QED) is 0.466. The molecule has 1 aromatic heterocycles. The van der Waals surface area contributed by atoms with Crippen molar-refractivity contribution in [2.24, 2.45) is 0 Å². The van der Waals surface area contributed by atoms with Crippen molar-refractivity contribution in [2.45, 2.75) is 32.4 Å². The maximum Gasteiger partial charge on any atom is 0.127 e. The summed E-state index contributed by atoms with van der Waals surface area (Å²) >= 11 is 0. The van der Waals surface area contributed by atoms with Gasteiger partial charge in [-0.3, -0.25) is 9.97 Å². The Morgan fingerprint density at radius 3 is 2.92 bits per heavy atom. The Kier molecular flexibility index (Phi) is 7.15. The Morgan fingerprint density at radius 2 is 2.21 bits per heavy atom. The van der Waals surface area contributed by atoms with Gasteiger partial charge in [0.05, 0.1) is 18.1 Å². The molecule has 1 unspecified atom stereocenters. The number of alkyl halides is 1. The summed E-state index contributed by atoms with van der Waals surface area (Å²) in [6.45, 7) is 5.72. The smallest absolute Gasteiger partial charge is 0.127 e. The van der Waals surface area contributed by atoms with Gasteiger partial charge in [-0.15, -0.1) is 0 Å². The number of unbranched alkanes of at least 4 members (excludes halogenated alkanes) is 1. The Balaban J connectivity index is 2.14. The Labute approximate surface area is 142 Å². The van der Waals surface area contributed by atoms with Crippen molar-refractivity contribution in [3.8, 4) is 17.0 Å². The number of nitrogens with zero attached hydrogens (tertiary/aromatic N) is 2. The molecule has 0 bridgehead atoms. The lowest BCUT2D eigenvalue weighted by atomic mass is 10.1. The van der Waals surface area contributed by atoms with Gasteiger partial charge in [0.1, 0.15) is 12.4 Å². The molecule has 0 aliphatic heterocycles. The standard InChI is InChI=1S/C20H23FN2O/c1-3-13-24-20-14-18(19-15-22-11-12-23-19)10-9-17(20)8-6-4-5-7-16(2)21/h3,6,8-12,14-16H,1,4-5,7,13H2,2H3. The Bertz CT molecular complexity index is 669. The van der Waals surface area contributed by atoms with Gasteiger partial charge in [0.25, 0.3) is 0 Å². The third kappa shape index (κ3) is 5.61. The minimum Gasteiger partial charge on any atom is -0.489 e. The predicted molar refractivity (Wildman–Crippen MR) is 96.6 cm³/mol. The van der Waals surface area contributed by atoms with E-state index < -0.39 is 6.17 Å². The van der Waals surface area contributed by atoms with Crippen LogP contribution in [0.15, 0.2) is 55.5 Å². The molecule has 0 radical (unpaired) electrons. The summed E-state index contributed by atoms with van der Waals surface area (Å²) in [6.07, 6.45) is 12.4. The number of rotatable bonds is 9. The third-order valence-corrected chi connectivity index (χ3v) is 3.50. The monoisotopic (exact) mass is 326 g/mol. The van der Waals surface area contributed by atoms with Gasteiger partial charge in [-0.25, -0.2) is 4.39 Å². The number of hydrogen-bond acceptors (Lipinski definition) is 3. The van der Waals surface area contributed by atoms with E-state index >= 15 is 0 Å². The van der Waals surface area contributed by atoms with Crippen LogP contribution in [0.3, 0.4) is 0 Å². The first-order chi connectivity index (χ1) is 11.7. The summed E-state index contributed by atoms with van der Waals surface area (Å²) in [5.74, 6) is 0.771. The maximum absolute atomic E-state index is 12.8. The van der Waals surface area contributed by atoms with Crippen LogP contribution in [0.1, 0.15) is 31.7 Å². The molecular weight excluding hydrogens is 303 g/mol. The van der Waals surface area contributed by atoms with Gasteiger partial charge in [-0.1, -0.05) is 36.9 Å². The van der Waals surface area contributed by atoms with Crippen LogP contribution in [0, 0.1) is 0 Å². The average molecular weight is 326 g/mol. The van der Waals surface area contributed by atoms with Crippen molar-refractivity contribution < 1.29 is 9.13 Å². The molecule has 0 fully saturated rings. The summed E-state index contributed by atoms with van der Waals surface area (Å²) in [5.41, 5.74) is 2.73. The molecule has 0 spiro atoms. The molecule has 0 saturated heterocycles. The van der Waals surface area contributed by atoms with Crippen LogP contribution in [-0.4, -0.2) is 22.7 Å². The highest BCUT2D eigenvalue weighted by Gasteiger charge is 2.06. The number of ether oxygens (including phenoxy) is 1. The van der Waals surface area contributed by atoms with Gasteiger partial charge in [0.15, 0.2) is 0 Å². The van der Waals surface area contributed by atoms with Gasteiger partial charge >= 0.3 is 0 Å². The zero-order valence-electron chi connectivity index (χ0n) is 14.0. The second-order valence-corrected chi connectivity index (χ2v) is 5.56. The zero-order valence-corrected chi connectivity index (χ0v) is 14.0. The third-order valence-electron chi connectivity index (χ3n) is 3.50. The van der Waals surface area contributed by atoms with Crippen LogP contribution in [-0.2, 0) is 0 Å². The molecule has 2 rings (SSSR count). The summed E-state index contributed by atoms with van der Waals surface area (Å²) < 4.78 is 18.6. The molecule has 0 amide bonds. The predicted octanol–water partition coefficient (Wildman–Crippen LogP) is 5.25. The van der Waals surface area contributed by atoms with Crippen LogP contribution in [0.5, 0.6) is 5.75 Å². The zero-order chi connectivity index (χ0) is 17.2. The Morgan fingerprint density at radius 1 is 1.33 bits per heavy atom. The summed E-state index contributed by atoms with van der Waals surface area (Å²) in [4.78, 5) is 8.41. The van der Waals surface area contributed by atoms with E-state index in [1.807, 2.05) is 24.3 Å². The highest BCUT2D eigenvalue weighted by atomic mass is 19.1. The molecule has 0 N–H and O–H groups in total. The highest BCUT2D eigenvalue weighted by Crippen LogP contribution is 2.27.